The standard InChI is InChI=1S/C24H29N7/c1-19-9-11-21(12-10-19)26-24-28-22(27-23(25)29-24)18-31-16-14-30(15-17-31)13-5-8-20-6-3-2-4-7-20/h2-12H,13-18H2,1H3,(H3,25,26,27,28,29). The first-order valence-electron chi connectivity index (χ1n) is 10.6. The van der Waals surface area contributed by atoms with Gasteiger partial charge in [0.15, 0.2) is 0 Å². The van der Waals surface area contributed by atoms with Gasteiger partial charge >= 0.3 is 0 Å². The minimum Gasteiger partial charge on any atom is -0.368 e. The van der Waals surface area contributed by atoms with Gasteiger partial charge in [-0.05, 0) is 24.6 Å². The van der Waals surface area contributed by atoms with Crippen molar-refractivity contribution in [2.45, 2.75) is 13.5 Å². The molecule has 1 fully saturated rings. The van der Waals surface area contributed by atoms with Crippen LogP contribution in [-0.2, 0) is 6.54 Å². The molecule has 0 spiro atoms. The highest BCUT2D eigenvalue weighted by Gasteiger charge is 2.17. The molecule has 0 radical (unpaired) electrons. The number of benzene rings is 2. The molecule has 1 saturated heterocycles. The van der Waals surface area contributed by atoms with Crippen LogP contribution in [0.15, 0.2) is 60.7 Å². The largest absolute Gasteiger partial charge is 0.368 e. The Morgan fingerprint density at radius 1 is 0.903 bits per heavy atom. The van der Waals surface area contributed by atoms with E-state index in [9.17, 15) is 0 Å². The van der Waals surface area contributed by atoms with E-state index < -0.39 is 0 Å². The molecule has 0 aliphatic carbocycles. The minimum absolute atomic E-state index is 0.240. The molecule has 0 saturated carbocycles. The number of anilines is 3. The maximum absolute atomic E-state index is 5.93. The van der Waals surface area contributed by atoms with Crippen molar-refractivity contribution in [1.29, 1.82) is 0 Å². The van der Waals surface area contributed by atoms with Crippen LogP contribution in [0.1, 0.15) is 17.0 Å². The molecule has 0 bridgehead atoms. The zero-order valence-corrected chi connectivity index (χ0v) is 17.9. The zero-order valence-electron chi connectivity index (χ0n) is 17.9. The molecule has 0 amide bonds. The lowest BCUT2D eigenvalue weighted by molar-refractivity contribution is 0.134. The zero-order chi connectivity index (χ0) is 21.5. The summed E-state index contributed by atoms with van der Waals surface area (Å²) >= 11 is 0. The summed E-state index contributed by atoms with van der Waals surface area (Å²) in [6.45, 7) is 7.69. The SMILES string of the molecule is Cc1ccc(Nc2nc(N)nc(CN3CCN(CC=Cc4ccccc4)CC3)n2)cc1. The van der Waals surface area contributed by atoms with Crippen LogP contribution in [0.3, 0.4) is 0 Å². The topological polar surface area (TPSA) is 83.2 Å². The van der Waals surface area contributed by atoms with E-state index >= 15 is 0 Å². The van der Waals surface area contributed by atoms with Crippen molar-refractivity contribution in [3.63, 3.8) is 0 Å². The maximum atomic E-state index is 5.93. The summed E-state index contributed by atoms with van der Waals surface area (Å²) in [6, 6.07) is 18.5. The van der Waals surface area contributed by atoms with Crippen molar-refractivity contribution >= 4 is 23.7 Å². The van der Waals surface area contributed by atoms with E-state index in [1.807, 2.05) is 30.3 Å². The van der Waals surface area contributed by atoms with Crippen molar-refractivity contribution in [3.05, 3.63) is 77.6 Å². The lowest BCUT2D eigenvalue weighted by Gasteiger charge is -2.33. The van der Waals surface area contributed by atoms with E-state index in [2.05, 4.69) is 73.4 Å². The molecule has 7 heteroatoms. The van der Waals surface area contributed by atoms with Crippen LogP contribution in [-0.4, -0.2) is 57.5 Å². The van der Waals surface area contributed by atoms with E-state index in [1.165, 1.54) is 11.1 Å². The smallest absolute Gasteiger partial charge is 0.232 e. The van der Waals surface area contributed by atoms with E-state index in [0.717, 1.165) is 38.4 Å². The molecule has 0 atom stereocenters. The van der Waals surface area contributed by atoms with E-state index in [-0.39, 0.29) is 5.95 Å². The Morgan fingerprint density at radius 2 is 1.61 bits per heavy atom. The summed E-state index contributed by atoms with van der Waals surface area (Å²) in [4.78, 5) is 18.0. The lowest BCUT2D eigenvalue weighted by Crippen LogP contribution is -2.46. The summed E-state index contributed by atoms with van der Waals surface area (Å²) < 4.78 is 0. The third-order valence-corrected chi connectivity index (χ3v) is 5.31. The molecule has 3 N–H and O–H groups in total. The predicted octanol–water partition coefficient (Wildman–Crippen LogP) is 3.34. The van der Waals surface area contributed by atoms with Gasteiger partial charge in [-0.2, -0.15) is 15.0 Å². The second kappa shape index (κ2) is 10.1. The molecule has 1 aliphatic rings. The summed E-state index contributed by atoms with van der Waals surface area (Å²) in [5.41, 5.74) is 9.30. The van der Waals surface area contributed by atoms with Gasteiger partial charge in [-0.25, -0.2) is 0 Å². The van der Waals surface area contributed by atoms with Crippen LogP contribution >= 0.6 is 0 Å². The molecule has 3 aromatic rings. The summed E-state index contributed by atoms with van der Waals surface area (Å²) in [6.07, 6.45) is 4.42. The molecule has 2 aromatic carbocycles. The van der Waals surface area contributed by atoms with Gasteiger partial charge in [0.05, 0.1) is 6.54 Å². The quantitative estimate of drug-likeness (QED) is 0.612. The van der Waals surface area contributed by atoms with E-state index in [1.54, 1.807) is 0 Å². The van der Waals surface area contributed by atoms with Gasteiger partial charge in [-0.3, -0.25) is 9.80 Å². The average Bonchev–Trinajstić information content (AvgIpc) is 2.77. The van der Waals surface area contributed by atoms with Crippen LogP contribution in [0, 0.1) is 6.92 Å². The highest BCUT2D eigenvalue weighted by atomic mass is 15.3. The maximum Gasteiger partial charge on any atom is 0.232 e. The fourth-order valence-corrected chi connectivity index (χ4v) is 3.56. The Bertz CT molecular complexity index is 994. The van der Waals surface area contributed by atoms with Gasteiger partial charge in [0.2, 0.25) is 11.9 Å². The molecule has 0 unspecified atom stereocenters. The number of hydrogen-bond acceptors (Lipinski definition) is 7. The second-order valence-electron chi connectivity index (χ2n) is 7.81. The monoisotopic (exact) mass is 415 g/mol. The molecule has 1 aliphatic heterocycles. The lowest BCUT2D eigenvalue weighted by atomic mass is 10.2. The molecular weight excluding hydrogens is 386 g/mol. The van der Waals surface area contributed by atoms with Gasteiger partial charge in [0, 0.05) is 38.4 Å². The molecule has 4 rings (SSSR count). The summed E-state index contributed by atoms with van der Waals surface area (Å²) in [5, 5.41) is 3.22. The highest BCUT2D eigenvalue weighted by molar-refractivity contribution is 5.54. The van der Waals surface area contributed by atoms with Crippen LogP contribution in [0.5, 0.6) is 0 Å². The molecule has 7 nitrogen and oxygen atoms in total. The number of nitrogens with two attached hydrogens (primary N) is 1. The number of nitrogen functional groups attached to an aromatic ring is 1. The van der Waals surface area contributed by atoms with Crippen LogP contribution < -0.4 is 11.1 Å². The van der Waals surface area contributed by atoms with Gasteiger partial charge < -0.3 is 11.1 Å². The molecular formula is C24H29N7. The number of aromatic nitrogens is 3. The number of rotatable bonds is 7. The van der Waals surface area contributed by atoms with Crippen LogP contribution in [0.2, 0.25) is 0 Å². The number of nitrogens with one attached hydrogen (secondary N) is 1. The Hall–Kier alpha value is -3.29. The minimum atomic E-state index is 0.240. The number of aryl methyl sites for hydroxylation is 1. The molecule has 2 heterocycles. The summed E-state index contributed by atoms with van der Waals surface area (Å²) in [7, 11) is 0. The molecule has 1 aromatic heterocycles. The fraction of sp³-hybridized carbons (Fsp3) is 0.292. The Labute approximate surface area is 183 Å². The Balaban J connectivity index is 1.28. The Morgan fingerprint density at radius 3 is 2.35 bits per heavy atom. The second-order valence-corrected chi connectivity index (χ2v) is 7.81. The first-order chi connectivity index (χ1) is 15.1. The first-order valence-corrected chi connectivity index (χ1v) is 10.6. The fourth-order valence-electron chi connectivity index (χ4n) is 3.56. The third kappa shape index (κ3) is 6.34. The number of hydrogen-bond donors (Lipinski definition) is 2. The third-order valence-electron chi connectivity index (χ3n) is 5.31. The van der Waals surface area contributed by atoms with Gasteiger partial charge in [0.1, 0.15) is 5.82 Å². The predicted molar refractivity (Wildman–Crippen MR) is 126 cm³/mol. The van der Waals surface area contributed by atoms with Crippen molar-refractivity contribution in [2.75, 3.05) is 43.8 Å². The summed E-state index contributed by atoms with van der Waals surface area (Å²) in [5.74, 6) is 1.42. The first kappa shape index (κ1) is 21.0. The molecule has 160 valence electrons. The van der Waals surface area contributed by atoms with Gasteiger partial charge in [0.25, 0.3) is 0 Å². The van der Waals surface area contributed by atoms with Crippen molar-refractivity contribution < 1.29 is 0 Å². The average molecular weight is 416 g/mol. The van der Waals surface area contributed by atoms with Crippen molar-refractivity contribution in [3.8, 4) is 0 Å². The van der Waals surface area contributed by atoms with E-state index in [0.29, 0.717) is 18.3 Å². The highest BCUT2D eigenvalue weighted by Crippen LogP contribution is 2.15. The van der Waals surface area contributed by atoms with Crippen LogP contribution in [0.4, 0.5) is 17.6 Å². The molecule has 31 heavy (non-hydrogen) atoms. The van der Waals surface area contributed by atoms with E-state index in [4.69, 9.17) is 5.73 Å². The van der Waals surface area contributed by atoms with Crippen LogP contribution in [0.25, 0.3) is 6.08 Å². The normalized spacial score (nSPS) is 15.4. The number of piperazine rings is 1. The van der Waals surface area contributed by atoms with Gasteiger partial charge in [-0.1, -0.05) is 60.2 Å². The van der Waals surface area contributed by atoms with Crippen molar-refractivity contribution in [2.24, 2.45) is 0 Å². The number of nitrogens with zero attached hydrogens (tertiary/aromatic N) is 5. The van der Waals surface area contributed by atoms with Crippen molar-refractivity contribution in [1.82, 2.24) is 24.8 Å². The van der Waals surface area contributed by atoms with Gasteiger partial charge in [-0.15, -0.1) is 0 Å². The Kier molecular flexibility index (Phi) is 6.86.